The van der Waals surface area contributed by atoms with Gasteiger partial charge in [-0.3, -0.25) is 0 Å². The minimum absolute atomic E-state index is 0.0847. The first kappa shape index (κ1) is 21.4. The van der Waals surface area contributed by atoms with Crippen molar-refractivity contribution in [2.75, 3.05) is 7.11 Å². The van der Waals surface area contributed by atoms with Gasteiger partial charge < -0.3 is 14.2 Å². The average molecular weight is 396 g/mol. The SMILES string of the molecule is COC(=O)[C@H]1O[C@@](C)(C(F)(F)F)[C@@H](C)[C@H]1c1ccc(F)c(F)c1OC(C)C. The van der Waals surface area contributed by atoms with E-state index in [1.54, 1.807) is 13.8 Å². The van der Waals surface area contributed by atoms with Gasteiger partial charge in [0.2, 0.25) is 5.82 Å². The summed E-state index contributed by atoms with van der Waals surface area (Å²) in [6.07, 6.45) is -7.04. The van der Waals surface area contributed by atoms with Crippen LogP contribution in [0.15, 0.2) is 12.1 Å². The number of halogens is 5. The maximum absolute atomic E-state index is 14.4. The van der Waals surface area contributed by atoms with Crippen molar-refractivity contribution in [3.05, 3.63) is 29.3 Å². The molecule has 0 saturated carbocycles. The summed E-state index contributed by atoms with van der Waals surface area (Å²) in [5.41, 5.74) is -2.77. The molecule has 1 fully saturated rings. The predicted molar refractivity (Wildman–Crippen MR) is 85.4 cm³/mol. The molecule has 0 spiro atoms. The molecule has 0 aliphatic carbocycles. The van der Waals surface area contributed by atoms with Crippen LogP contribution >= 0.6 is 0 Å². The maximum Gasteiger partial charge on any atom is 0.417 e. The molecule has 1 aromatic rings. The van der Waals surface area contributed by atoms with Gasteiger partial charge in [-0.1, -0.05) is 13.0 Å². The molecule has 1 aliphatic heterocycles. The maximum atomic E-state index is 14.4. The Kier molecular flexibility index (Phi) is 5.75. The largest absolute Gasteiger partial charge is 0.488 e. The number of carbonyl (C=O) groups excluding carboxylic acids is 1. The molecule has 1 aromatic carbocycles. The summed E-state index contributed by atoms with van der Waals surface area (Å²) in [5.74, 6) is -6.69. The molecule has 4 atom stereocenters. The van der Waals surface area contributed by atoms with E-state index in [4.69, 9.17) is 9.47 Å². The molecule has 2 rings (SSSR count). The van der Waals surface area contributed by atoms with Crippen molar-refractivity contribution in [1.29, 1.82) is 0 Å². The number of carbonyl (C=O) groups is 1. The molecule has 0 N–H and O–H groups in total. The van der Waals surface area contributed by atoms with Crippen molar-refractivity contribution in [3.63, 3.8) is 0 Å². The number of hydrogen-bond donors (Lipinski definition) is 0. The van der Waals surface area contributed by atoms with E-state index in [-0.39, 0.29) is 5.56 Å². The first-order valence-electron chi connectivity index (χ1n) is 8.32. The third-order valence-corrected chi connectivity index (χ3v) is 4.90. The minimum atomic E-state index is -4.80. The fraction of sp³-hybridized carbons (Fsp3) is 0.611. The highest BCUT2D eigenvalue weighted by atomic mass is 19.4. The monoisotopic (exact) mass is 396 g/mol. The van der Waals surface area contributed by atoms with Crippen LogP contribution in [0.5, 0.6) is 5.75 Å². The fourth-order valence-electron chi connectivity index (χ4n) is 3.28. The van der Waals surface area contributed by atoms with Crippen molar-refractivity contribution in [2.45, 2.75) is 57.6 Å². The van der Waals surface area contributed by atoms with E-state index in [1.807, 2.05) is 0 Å². The lowest BCUT2D eigenvalue weighted by Gasteiger charge is -2.32. The molecule has 1 saturated heterocycles. The van der Waals surface area contributed by atoms with Crippen molar-refractivity contribution < 1.29 is 41.0 Å². The normalized spacial score (nSPS) is 28.5. The lowest BCUT2D eigenvalue weighted by Crippen LogP contribution is -2.47. The Bertz CT molecular complexity index is 718. The second-order valence-electron chi connectivity index (χ2n) is 6.93. The van der Waals surface area contributed by atoms with Gasteiger partial charge in [0, 0.05) is 17.4 Å². The van der Waals surface area contributed by atoms with Crippen LogP contribution in [-0.4, -0.2) is 37.1 Å². The van der Waals surface area contributed by atoms with Gasteiger partial charge in [0.25, 0.3) is 0 Å². The molecule has 1 aliphatic rings. The van der Waals surface area contributed by atoms with Gasteiger partial charge in [-0.2, -0.15) is 17.6 Å². The van der Waals surface area contributed by atoms with Crippen LogP contribution < -0.4 is 4.74 Å². The molecular weight excluding hydrogens is 375 g/mol. The quantitative estimate of drug-likeness (QED) is 0.560. The molecule has 27 heavy (non-hydrogen) atoms. The molecule has 0 unspecified atom stereocenters. The molecule has 0 aromatic heterocycles. The third-order valence-electron chi connectivity index (χ3n) is 4.90. The highest BCUT2D eigenvalue weighted by Gasteiger charge is 2.66. The Morgan fingerprint density at radius 1 is 1.26 bits per heavy atom. The van der Waals surface area contributed by atoms with Crippen molar-refractivity contribution in [1.82, 2.24) is 0 Å². The van der Waals surface area contributed by atoms with Gasteiger partial charge >= 0.3 is 12.1 Å². The third kappa shape index (κ3) is 3.61. The van der Waals surface area contributed by atoms with Crippen LogP contribution in [-0.2, 0) is 14.3 Å². The van der Waals surface area contributed by atoms with Gasteiger partial charge in [-0.15, -0.1) is 0 Å². The van der Waals surface area contributed by atoms with Crippen LogP contribution in [0, 0.1) is 17.6 Å². The summed E-state index contributed by atoms with van der Waals surface area (Å²) >= 11 is 0. The first-order valence-corrected chi connectivity index (χ1v) is 8.32. The lowest BCUT2D eigenvalue weighted by molar-refractivity contribution is -0.274. The summed E-state index contributed by atoms with van der Waals surface area (Å²) < 4.78 is 84.0. The molecular formula is C18H21F5O4. The smallest absolute Gasteiger partial charge is 0.417 e. The van der Waals surface area contributed by atoms with Crippen molar-refractivity contribution in [2.24, 2.45) is 5.92 Å². The van der Waals surface area contributed by atoms with E-state index in [0.29, 0.717) is 0 Å². The van der Waals surface area contributed by atoms with E-state index in [2.05, 4.69) is 4.74 Å². The molecule has 4 nitrogen and oxygen atoms in total. The second kappa shape index (κ2) is 7.26. The molecule has 0 bridgehead atoms. The Morgan fingerprint density at radius 3 is 2.33 bits per heavy atom. The van der Waals surface area contributed by atoms with Gasteiger partial charge in [0.1, 0.15) is 0 Å². The number of benzene rings is 1. The summed E-state index contributed by atoms with van der Waals surface area (Å²) in [6, 6.07) is 1.89. The minimum Gasteiger partial charge on any atom is -0.488 e. The number of methoxy groups -OCH3 is 1. The predicted octanol–water partition coefficient (Wildman–Crippen LogP) is 4.36. The summed E-state index contributed by atoms with van der Waals surface area (Å²) in [7, 11) is 1.01. The second-order valence-corrected chi connectivity index (χ2v) is 6.93. The Morgan fingerprint density at radius 2 is 1.85 bits per heavy atom. The van der Waals surface area contributed by atoms with Crippen LogP contribution in [0.2, 0.25) is 0 Å². The fourth-order valence-corrected chi connectivity index (χ4v) is 3.28. The zero-order valence-electron chi connectivity index (χ0n) is 15.5. The highest BCUT2D eigenvalue weighted by molar-refractivity contribution is 5.77. The molecule has 9 heteroatoms. The van der Waals surface area contributed by atoms with Crippen LogP contribution in [0.1, 0.15) is 39.2 Å². The van der Waals surface area contributed by atoms with E-state index < -0.39 is 59.2 Å². The van der Waals surface area contributed by atoms with Crippen molar-refractivity contribution in [3.8, 4) is 5.75 Å². The van der Waals surface area contributed by atoms with E-state index in [9.17, 15) is 26.7 Å². The van der Waals surface area contributed by atoms with Gasteiger partial charge in [-0.25, -0.2) is 9.18 Å². The highest BCUT2D eigenvalue weighted by Crippen LogP contribution is 2.55. The van der Waals surface area contributed by atoms with Crippen LogP contribution in [0.3, 0.4) is 0 Å². The van der Waals surface area contributed by atoms with Gasteiger partial charge in [-0.05, 0) is 26.8 Å². The zero-order valence-corrected chi connectivity index (χ0v) is 15.5. The standard InChI is InChI=1S/C18H21F5O4/c1-8(2)26-14-10(6-7-11(19)13(14)20)12-9(3)17(4,18(21,22)23)27-15(12)16(24)25-5/h6-9,12,15H,1-5H3/t9-,12-,15-,17+/m0/s1. The Hall–Kier alpha value is -1.90. The van der Waals surface area contributed by atoms with E-state index >= 15 is 0 Å². The lowest BCUT2D eigenvalue weighted by atomic mass is 9.77. The molecule has 152 valence electrons. The first-order chi connectivity index (χ1) is 12.3. The number of rotatable bonds is 4. The van der Waals surface area contributed by atoms with E-state index in [0.717, 1.165) is 26.2 Å². The number of esters is 1. The van der Waals surface area contributed by atoms with Gasteiger partial charge in [0.05, 0.1) is 13.2 Å². The topological polar surface area (TPSA) is 44.8 Å². The van der Waals surface area contributed by atoms with E-state index in [1.165, 1.54) is 6.92 Å². The Labute approximate surface area is 153 Å². The molecule has 1 heterocycles. The number of hydrogen-bond acceptors (Lipinski definition) is 4. The summed E-state index contributed by atoms with van der Waals surface area (Å²) in [6.45, 7) is 5.17. The summed E-state index contributed by atoms with van der Waals surface area (Å²) in [5, 5.41) is 0. The van der Waals surface area contributed by atoms with Crippen molar-refractivity contribution >= 4 is 5.97 Å². The molecule has 0 amide bonds. The van der Waals surface area contributed by atoms with Crippen LogP contribution in [0.4, 0.5) is 22.0 Å². The number of alkyl halides is 3. The Balaban J connectivity index is 2.67. The molecule has 0 radical (unpaired) electrons. The zero-order chi connectivity index (χ0) is 20.7. The number of ether oxygens (including phenoxy) is 3. The average Bonchev–Trinajstić information content (AvgIpc) is 2.84. The van der Waals surface area contributed by atoms with Gasteiger partial charge in [0.15, 0.2) is 23.3 Å². The summed E-state index contributed by atoms with van der Waals surface area (Å²) in [4.78, 5) is 12.1. The van der Waals surface area contributed by atoms with Crippen LogP contribution in [0.25, 0.3) is 0 Å².